The van der Waals surface area contributed by atoms with Crippen LogP contribution in [0.5, 0.6) is 5.75 Å². The molecule has 0 unspecified atom stereocenters. The van der Waals surface area contributed by atoms with E-state index in [1.807, 2.05) is 36.4 Å². The molecule has 0 saturated carbocycles. The lowest BCUT2D eigenvalue weighted by molar-refractivity contribution is -0.111. The summed E-state index contributed by atoms with van der Waals surface area (Å²) >= 11 is 18.6. The Hall–Kier alpha value is -3.51. The molecule has 0 bridgehead atoms. The summed E-state index contributed by atoms with van der Waals surface area (Å²) in [5, 5.41) is 6.16. The van der Waals surface area contributed by atoms with Crippen LogP contribution in [-0.4, -0.2) is 18.0 Å². The molecule has 8 heteroatoms. The smallest absolute Gasteiger partial charge is 0.248 e. The van der Waals surface area contributed by atoms with Crippen LogP contribution in [0.2, 0.25) is 15.1 Å². The van der Waals surface area contributed by atoms with Gasteiger partial charge in [0.15, 0.2) is 5.58 Å². The molecule has 1 N–H and O–H groups in total. The van der Waals surface area contributed by atoms with E-state index in [-0.39, 0.29) is 5.91 Å². The maximum absolute atomic E-state index is 12.5. The van der Waals surface area contributed by atoms with Gasteiger partial charge in [-0.25, -0.2) is 4.98 Å². The summed E-state index contributed by atoms with van der Waals surface area (Å²) < 4.78 is 11.3. The van der Waals surface area contributed by atoms with Crippen molar-refractivity contribution in [3.05, 3.63) is 93.4 Å². The molecular weight excluding hydrogens is 507 g/mol. The first-order valence-electron chi connectivity index (χ1n) is 10.5. The van der Waals surface area contributed by atoms with E-state index in [0.717, 1.165) is 16.3 Å². The second-order valence-electron chi connectivity index (χ2n) is 7.67. The molecule has 0 aliphatic heterocycles. The minimum absolute atomic E-state index is 0.338. The number of ether oxygens (including phenoxy) is 1. The van der Waals surface area contributed by atoms with Crippen molar-refractivity contribution in [1.29, 1.82) is 0 Å². The Morgan fingerprint density at radius 2 is 1.77 bits per heavy atom. The summed E-state index contributed by atoms with van der Waals surface area (Å²) in [5.74, 6) is 0.572. The molecule has 35 heavy (non-hydrogen) atoms. The average Bonchev–Trinajstić information content (AvgIpc) is 3.26. The van der Waals surface area contributed by atoms with Crippen molar-refractivity contribution in [3.8, 4) is 17.2 Å². The first-order chi connectivity index (χ1) is 16.9. The molecule has 5 nitrogen and oxygen atoms in total. The summed E-state index contributed by atoms with van der Waals surface area (Å²) in [6.45, 7) is 0. The number of oxazole rings is 1. The molecule has 174 valence electrons. The number of nitrogens with one attached hydrogen (secondary N) is 1. The average molecular weight is 524 g/mol. The van der Waals surface area contributed by atoms with Gasteiger partial charge in [0, 0.05) is 38.3 Å². The van der Waals surface area contributed by atoms with Crippen molar-refractivity contribution >= 4 is 74.3 Å². The van der Waals surface area contributed by atoms with Crippen LogP contribution in [0, 0.1) is 0 Å². The highest BCUT2D eigenvalue weighted by Crippen LogP contribution is 2.35. The van der Waals surface area contributed by atoms with Crippen LogP contribution in [0.4, 0.5) is 5.69 Å². The predicted molar refractivity (Wildman–Crippen MR) is 143 cm³/mol. The van der Waals surface area contributed by atoms with Gasteiger partial charge < -0.3 is 14.5 Å². The number of nitrogens with zero attached hydrogens (tertiary/aromatic N) is 1. The third-order valence-electron chi connectivity index (χ3n) is 5.41. The number of carbonyl (C=O) groups is 1. The van der Waals surface area contributed by atoms with Gasteiger partial charge in [0.2, 0.25) is 11.8 Å². The van der Waals surface area contributed by atoms with Gasteiger partial charge in [-0.2, -0.15) is 0 Å². The topological polar surface area (TPSA) is 64.4 Å². The summed E-state index contributed by atoms with van der Waals surface area (Å²) in [6.07, 6.45) is 2.97. The lowest BCUT2D eigenvalue weighted by atomic mass is 10.0. The number of hydrogen-bond donors (Lipinski definition) is 1. The fraction of sp³-hybridized carbons (Fsp3) is 0.0370. The van der Waals surface area contributed by atoms with Crippen molar-refractivity contribution in [2.75, 3.05) is 12.4 Å². The van der Waals surface area contributed by atoms with E-state index in [1.165, 1.54) is 13.2 Å². The molecule has 0 spiro atoms. The minimum Gasteiger partial charge on any atom is -0.495 e. The third kappa shape index (κ3) is 4.71. The molecule has 5 rings (SSSR count). The first kappa shape index (κ1) is 23.2. The standard InChI is InChI=1S/C27H17Cl3N2O3/c1-34-26-15(12-16(28)13-22(26)30)8-11-25(33)31-17-9-10-24-23(14-17)32-27(35-24)20-6-2-5-19-18(20)4-3-7-21(19)29/h2-14H,1H3,(H,31,33). The van der Waals surface area contributed by atoms with E-state index < -0.39 is 0 Å². The van der Waals surface area contributed by atoms with Crippen molar-refractivity contribution in [2.24, 2.45) is 0 Å². The van der Waals surface area contributed by atoms with E-state index in [2.05, 4.69) is 10.3 Å². The molecule has 1 heterocycles. The normalized spacial score (nSPS) is 11.4. The highest BCUT2D eigenvalue weighted by Gasteiger charge is 2.13. The molecule has 0 saturated heterocycles. The molecule has 0 fully saturated rings. The number of aromatic nitrogens is 1. The van der Waals surface area contributed by atoms with Gasteiger partial charge in [-0.15, -0.1) is 0 Å². The van der Waals surface area contributed by atoms with Crippen molar-refractivity contribution in [2.45, 2.75) is 0 Å². The van der Waals surface area contributed by atoms with E-state index in [9.17, 15) is 4.79 Å². The molecule has 0 aliphatic carbocycles. The van der Waals surface area contributed by atoms with Crippen LogP contribution in [0.15, 0.2) is 77.2 Å². The Balaban J connectivity index is 1.40. The Morgan fingerprint density at radius 1 is 0.971 bits per heavy atom. The number of benzene rings is 4. The molecule has 5 aromatic rings. The second kappa shape index (κ2) is 9.62. The Labute approximate surface area is 215 Å². The van der Waals surface area contributed by atoms with Crippen molar-refractivity contribution < 1.29 is 13.9 Å². The largest absolute Gasteiger partial charge is 0.495 e. The third-order valence-corrected chi connectivity index (χ3v) is 6.24. The summed E-state index contributed by atoms with van der Waals surface area (Å²) in [4.78, 5) is 17.2. The number of halogens is 3. The van der Waals surface area contributed by atoms with Crippen LogP contribution in [-0.2, 0) is 4.79 Å². The first-order valence-corrected chi connectivity index (χ1v) is 11.7. The zero-order chi connectivity index (χ0) is 24.5. The number of hydrogen-bond acceptors (Lipinski definition) is 4. The number of anilines is 1. The summed E-state index contributed by atoms with van der Waals surface area (Å²) in [5.41, 5.74) is 3.22. The zero-order valence-corrected chi connectivity index (χ0v) is 20.6. The van der Waals surface area contributed by atoms with E-state index in [0.29, 0.717) is 49.1 Å². The van der Waals surface area contributed by atoms with Gasteiger partial charge in [-0.05, 0) is 53.9 Å². The van der Waals surface area contributed by atoms with Gasteiger partial charge >= 0.3 is 0 Å². The highest BCUT2D eigenvalue weighted by molar-refractivity contribution is 6.36. The maximum atomic E-state index is 12.5. The molecule has 1 amide bonds. The van der Waals surface area contributed by atoms with E-state index in [1.54, 1.807) is 36.4 Å². The maximum Gasteiger partial charge on any atom is 0.248 e. The van der Waals surface area contributed by atoms with Crippen LogP contribution in [0.1, 0.15) is 5.56 Å². The van der Waals surface area contributed by atoms with Gasteiger partial charge in [0.05, 0.1) is 12.1 Å². The van der Waals surface area contributed by atoms with Crippen molar-refractivity contribution in [3.63, 3.8) is 0 Å². The molecular formula is C27H17Cl3N2O3. The van der Waals surface area contributed by atoms with Crippen LogP contribution in [0.25, 0.3) is 39.4 Å². The molecule has 0 atom stereocenters. The molecule has 4 aromatic carbocycles. The quantitative estimate of drug-likeness (QED) is 0.235. The summed E-state index contributed by atoms with van der Waals surface area (Å²) in [6, 6.07) is 20.0. The zero-order valence-electron chi connectivity index (χ0n) is 18.3. The van der Waals surface area contributed by atoms with Gasteiger partial charge in [-0.1, -0.05) is 59.1 Å². The highest BCUT2D eigenvalue weighted by atomic mass is 35.5. The number of rotatable bonds is 5. The van der Waals surface area contributed by atoms with Gasteiger partial charge in [0.1, 0.15) is 11.3 Å². The lowest BCUT2D eigenvalue weighted by Crippen LogP contribution is -2.07. The van der Waals surface area contributed by atoms with Crippen molar-refractivity contribution in [1.82, 2.24) is 4.98 Å². The van der Waals surface area contributed by atoms with E-state index in [4.69, 9.17) is 44.0 Å². The summed E-state index contributed by atoms with van der Waals surface area (Å²) in [7, 11) is 1.50. The fourth-order valence-corrected chi connectivity index (χ4v) is 4.67. The Kier molecular flexibility index (Phi) is 6.39. The monoisotopic (exact) mass is 522 g/mol. The Morgan fingerprint density at radius 3 is 2.60 bits per heavy atom. The molecule has 1 aromatic heterocycles. The Bertz CT molecular complexity index is 1630. The molecule has 0 radical (unpaired) electrons. The number of amides is 1. The minimum atomic E-state index is -0.338. The number of methoxy groups -OCH3 is 1. The number of carbonyl (C=O) groups excluding carboxylic acids is 1. The predicted octanol–water partition coefficient (Wildman–Crippen LogP) is 8.27. The van der Waals surface area contributed by atoms with E-state index >= 15 is 0 Å². The van der Waals surface area contributed by atoms with Gasteiger partial charge in [0.25, 0.3) is 0 Å². The SMILES string of the molecule is COc1c(Cl)cc(Cl)cc1C=CC(=O)Nc1ccc2oc(-c3cccc4c(Cl)cccc34)nc2c1. The fourth-order valence-electron chi connectivity index (χ4n) is 3.85. The van der Waals surface area contributed by atoms with Crippen LogP contribution < -0.4 is 10.1 Å². The second-order valence-corrected chi connectivity index (χ2v) is 8.93. The van der Waals surface area contributed by atoms with Crippen LogP contribution >= 0.6 is 34.8 Å². The van der Waals surface area contributed by atoms with Gasteiger partial charge in [-0.3, -0.25) is 4.79 Å². The van der Waals surface area contributed by atoms with Crippen LogP contribution in [0.3, 0.4) is 0 Å². The lowest BCUT2D eigenvalue weighted by Gasteiger charge is -2.08. The number of fused-ring (bicyclic) bond motifs is 2. The molecule has 0 aliphatic rings.